The first-order valence-electron chi connectivity index (χ1n) is 19.7. The highest BCUT2D eigenvalue weighted by atomic mass is 16.7. The van der Waals surface area contributed by atoms with Crippen molar-refractivity contribution in [2.75, 3.05) is 32.9 Å². The molecule has 0 saturated heterocycles. The van der Waals surface area contributed by atoms with Gasteiger partial charge in [0.15, 0.2) is 6.29 Å². The van der Waals surface area contributed by atoms with Gasteiger partial charge in [0.2, 0.25) is 5.91 Å². The molecule has 6 aromatic rings. The van der Waals surface area contributed by atoms with Crippen molar-refractivity contribution in [2.45, 2.75) is 50.9 Å². The van der Waals surface area contributed by atoms with Crippen molar-refractivity contribution in [1.82, 2.24) is 10.2 Å². The summed E-state index contributed by atoms with van der Waals surface area (Å²) in [4.78, 5) is 30.7. The maximum absolute atomic E-state index is 15.0. The molecule has 0 saturated carbocycles. The Labute approximate surface area is 330 Å². The second kappa shape index (κ2) is 18.7. The van der Waals surface area contributed by atoms with Gasteiger partial charge in [0.25, 0.3) is 0 Å². The smallest absolute Gasteiger partial charge is 0.407 e. The Morgan fingerprint density at radius 3 is 1.82 bits per heavy atom. The molecule has 0 radical (unpaired) electrons. The number of hydrogen-bond acceptors (Lipinski definition) is 5. The lowest BCUT2D eigenvalue weighted by molar-refractivity contribution is -0.160. The van der Waals surface area contributed by atoms with Crippen LogP contribution in [0.3, 0.4) is 0 Å². The van der Waals surface area contributed by atoms with E-state index in [4.69, 9.17) is 14.2 Å². The average molecular weight is 747 g/mol. The molecule has 1 aliphatic carbocycles. The fraction of sp³-hybridized carbons (Fsp3) is 0.265. The summed E-state index contributed by atoms with van der Waals surface area (Å²) in [7, 11) is 0. The summed E-state index contributed by atoms with van der Waals surface area (Å²) < 4.78 is 18.0. The summed E-state index contributed by atoms with van der Waals surface area (Å²) in [5, 5.41) is 5.19. The molecule has 56 heavy (non-hydrogen) atoms. The molecule has 1 unspecified atom stereocenters. The standard InChI is InChI=1S/C49H50N2O5/c1-3-54-47(55-4-2)33-51(30-29-40(37-18-7-5-8-19-37)38-20-9-6-10-21-38)48(52)46(32-35-27-28-36-17-11-12-22-39(36)31-35)50-49(53)56-34-45-43-25-15-13-23-41(43)42-24-14-16-26-44(42)45/h5-28,31,40,45-47H,3-4,29-30,32-34H2,1-2H3,(H,50,53). The van der Waals surface area contributed by atoms with Crippen LogP contribution in [0, 0.1) is 0 Å². The van der Waals surface area contributed by atoms with Crippen molar-refractivity contribution in [1.29, 1.82) is 0 Å². The van der Waals surface area contributed by atoms with E-state index in [1.807, 2.05) is 92.7 Å². The lowest BCUT2D eigenvalue weighted by Crippen LogP contribution is -2.52. The van der Waals surface area contributed by atoms with Crippen LogP contribution in [0.2, 0.25) is 0 Å². The third kappa shape index (κ3) is 9.19. The summed E-state index contributed by atoms with van der Waals surface area (Å²) in [5.74, 6) is -0.291. The molecule has 0 bridgehead atoms. The number of nitrogens with one attached hydrogen (secondary N) is 1. The van der Waals surface area contributed by atoms with Crippen molar-refractivity contribution in [3.05, 3.63) is 179 Å². The van der Waals surface area contributed by atoms with E-state index in [-0.39, 0.29) is 37.3 Å². The predicted octanol–water partition coefficient (Wildman–Crippen LogP) is 9.74. The maximum atomic E-state index is 15.0. The minimum atomic E-state index is -0.914. The topological polar surface area (TPSA) is 77.1 Å². The van der Waals surface area contributed by atoms with Gasteiger partial charge in [-0.05, 0) is 70.0 Å². The van der Waals surface area contributed by atoms with Gasteiger partial charge in [-0.15, -0.1) is 0 Å². The van der Waals surface area contributed by atoms with E-state index in [1.165, 1.54) is 11.1 Å². The van der Waals surface area contributed by atoms with Crippen LogP contribution in [0.15, 0.2) is 152 Å². The first-order chi connectivity index (χ1) is 27.5. The third-order valence-corrected chi connectivity index (χ3v) is 10.7. The zero-order chi connectivity index (χ0) is 38.7. The summed E-state index contributed by atoms with van der Waals surface area (Å²) in [6, 6.07) is 50.7. The molecule has 2 amide bonds. The molecule has 0 heterocycles. The first-order valence-corrected chi connectivity index (χ1v) is 19.7. The number of nitrogens with zero attached hydrogens (tertiary/aromatic N) is 1. The molecule has 7 rings (SSSR count). The van der Waals surface area contributed by atoms with Crippen LogP contribution in [0.1, 0.15) is 59.9 Å². The molecule has 0 fully saturated rings. The van der Waals surface area contributed by atoms with E-state index in [2.05, 4.69) is 78.1 Å². The quantitative estimate of drug-likeness (QED) is 0.0941. The molecule has 6 aromatic carbocycles. The van der Waals surface area contributed by atoms with Crippen LogP contribution in [0.25, 0.3) is 21.9 Å². The number of fused-ring (bicyclic) bond motifs is 4. The predicted molar refractivity (Wildman–Crippen MR) is 223 cm³/mol. The second-order valence-corrected chi connectivity index (χ2v) is 14.2. The van der Waals surface area contributed by atoms with Crippen LogP contribution >= 0.6 is 0 Å². The zero-order valence-corrected chi connectivity index (χ0v) is 32.2. The maximum Gasteiger partial charge on any atom is 0.407 e. The van der Waals surface area contributed by atoms with E-state index in [1.54, 1.807) is 4.90 Å². The van der Waals surface area contributed by atoms with Gasteiger partial charge < -0.3 is 24.4 Å². The number of ether oxygens (including phenoxy) is 3. The van der Waals surface area contributed by atoms with Crippen LogP contribution < -0.4 is 5.32 Å². The fourth-order valence-corrected chi connectivity index (χ4v) is 7.98. The number of hydrogen-bond donors (Lipinski definition) is 1. The monoisotopic (exact) mass is 746 g/mol. The summed E-state index contributed by atoms with van der Waals surface area (Å²) in [5.41, 5.74) is 7.82. The van der Waals surface area contributed by atoms with Crippen molar-refractivity contribution < 1.29 is 23.8 Å². The minimum Gasteiger partial charge on any atom is -0.449 e. The van der Waals surface area contributed by atoms with Crippen molar-refractivity contribution >= 4 is 22.8 Å². The minimum absolute atomic E-state index is 0.0411. The van der Waals surface area contributed by atoms with E-state index in [0.717, 1.165) is 38.6 Å². The number of carbonyl (C=O) groups is 2. The van der Waals surface area contributed by atoms with Gasteiger partial charge in [-0.1, -0.05) is 152 Å². The molecule has 286 valence electrons. The number of alkyl carbamates (subject to hydrolysis) is 1. The lowest BCUT2D eigenvalue weighted by atomic mass is 9.88. The summed E-state index contributed by atoms with van der Waals surface area (Å²) in [6.07, 6.45) is -0.336. The molecule has 0 aromatic heterocycles. The van der Waals surface area contributed by atoms with Gasteiger partial charge in [0.05, 0.1) is 6.54 Å². The average Bonchev–Trinajstić information content (AvgIpc) is 3.56. The summed E-state index contributed by atoms with van der Waals surface area (Å²) in [6.45, 7) is 5.46. The van der Waals surface area contributed by atoms with Crippen molar-refractivity contribution in [2.24, 2.45) is 0 Å². The van der Waals surface area contributed by atoms with Crippen molar-refractivity contribution in [3.63, 3.8) is 0 Å². The Bertz CT molecular complexity index is 2120. The van der Waals surface area contributed by atoms with Gasteiger partial charge in [-0.3, -0.25) is 4.79 Å². The Kier molecular flexibility index (Phi) is 12.9. The van der Waals surface area contributed by atoms with E-state index in [9.17, 15) is 4.79 Å². The SMILES string of the molecule is CCOC(CN(CCC(c1ccccc1)c1ccccc1)C(=O)C(Cc1ccc2ccccc2c1)NC(=O)OCC1c2ccccc2-c2ccccc21)OCC. The van der Waals surface area contributed by atoms with Crippen LogP contribution in [-0.4, -0.2) is 62.1 Å². The molecule has 7 nitrogen and oxygen atoms in total. The largest absolute Gasteiger partial charge is 0.449 e. The molecule has 1 atom stereocenters. The highest BCUT2D eigenvalue weighted by molar-refractivity contribution is 5.87. The highest BCUT2D eigenvalue weighted by Gasteiger charge is 2.32. The normalized spacial score (nSPS) is 12.7. The fourth-order valence-electron chi connectivity index (χ4n) is 7.98. The van der Waals surface area contributed by atoms with Crippen molar-refractivity contribution in [3.8, 4) is 11.1 Å². The van der Waals surface area contributed by atoms with E-state index < -0.39 is 18.4 Å². The highest BCUT2D eigenvalue weighted by Crippen LogP contribution is 2.44. The van der Waals surface area contributed by atoms with Gasteiger partial charge in [0, 0.05) is 38.0 Å². The van der Waals surface area contributed by atoms with Crippen LogP contribution in [0.5, 0.6) is 0 Å². The zero-order valence-electron chi connectivity index (χ0n) is 32.2. The second-order valence-electron chi connectivity index (χ2n) is 14.2. The number of benzene rings is 6. The molecule has 0 aliphatic heterocycles. The Morgan fingerprint density at radius 1 is 0.661 bits per heavy atom. The van der Waals surface area contributed by atoms with Gasteiger partial charge in [-0.2, -0.15) is 0 Å². The Hall–Kier alpha value is -5.76. The van der Waals surface area contributed by atoms with Gasteiger partial charge in [0.1, 0.15) is 12.6 Å². The molecular formula is C49H50N2O5. The molecular weight excluding hydrogens is 697 g/mol. The first kappa shape index (κ1) is 38.5. The number of carbonyl (C=O) groups excluding carboxylic acids is 2. The van der Waals surface area contributed by atoms with Gasteiger partial charge >= 0.3 is 6.09 Å². The number of amides is 2. The Morgan fingerprint density at radius 2 is 1.21 bits per heavy atom. The van der Waals surface area contributed by atoms with Crippen LogP contribution in [-0.2, 0) is 25.4 Å². The Balaban J connectivity index is 1.17. The molecule has 7 heteroatoms. The van der Waals surface area contributed by atoms with Crippen LogP contribution in [0.4, 0.5) is 4.79 Å². The lowest BCUT2D eigenvalue weighted by Gasteiger charge is -2.32. The van der Waals surface area contributed by atoms with Gasteiger partial charge in [-0.25, -0.2) is 4.79 Å². The molecule has 1 aliphatic rings. The summed E-state index contributed by atoms with van der Waals surface area (Å²) >= 11 is 0. The number of rotatable bonds is 17. The van der Waals surface area contributed by atoms with E-state index >= 15 is 4.79 Å². The third-order valence-electron chi connectivity index (χ3n) is 10.7. The molecule has 0 spiro atoms. The van der Waals surface area contributed by atoms with E-state index in [0.29, 0.717) is 26.2 Å². The molecule has 1 N–H and O–H groups in total.